The fourth-order valence-corrected chi connectivity index (χ4v) is 5.15. The molecule has 3 atom stereocenters. The minimum atomic E-state index is 0.783. The van der Waals surface area contributed by atoms with Crippen LogP contribution >= 0.6 is 0 Å². The van der Waals surface area contributed by atoms with Gasteiger partial charge in [0, 0.05) is 18.1 Å². The number of nitrogens with zero attached hydrogens (tertiary/aromatic N) is 1. The first-order valence-electron chi connectivity index (χ1n) is 9.39. The van der Waals surface area contributed by atoms with Crippen molar-refractivity contribution >= 4 is 0 Å². The van der Waals surface area contributed by atoms with Crippen molar-refractivity contribution in [3.05, 3.63) is 0 Å². The SMILES string of the molecule is CCCNC1CCCCC1N1CCCC1C1CCCC1. The summed E-state index contributed by atoms with van der Waals surface area (Å²) < 4.78 is 0. The summed E-state index contributed by atoms with van der Waals surface area (Å²) in [6.45, 7) is 4.89. The lowest BCUT2D eigenvalue weighted by molar-refractivity contribution is 0.0828. The van der Waals surface area contributed by atoms with Gasteiger partial charge in [0.2, 0.25) is 0 Å². The van der Waals surface area contributed by atoms with E-state index in [9.17, 15) is 0 Å². The zero-order valence-corrected chi connectivity index (χ0v) is 13.4. The van der Waals surface area contributed by atoms with Gasteiger partial charge >= 0.3 is 0 Å². The highest BCUT2D eigenvalue weighted by Crippen LogP contribution is 2.38. The first kappa shape index (κ1) is 14.8. The average molecular weight is 278 g/mol. The van der Waals surface area contributed by atoms with E-state index in [4.69, 9.17) is 0 Å². The second-order valence-electron chi connectivity index (χ2n) is 7.40. The zero-order chi connectivity index (χ0) is 13.8. The Morgan fingerprint density at radius 1 is 0.850 bits per heavy atom. The molecule has 2 saturated carbocycles. The molecule has 3 fully saturated rings. The molecule has 0 bridgehead atoms. The van der Waals surface area contributed by atoms with Crippen LogP contribution in [-0.4, -0.2) is 36.1 Å². The Bertz CT molecular complexity index is 285. The normalized spacial score (nSPS) is 36.8. The van der Waals surface area contributed by atoms with Crippen LogP contribution in [0.15, 0.2) is 0 Å². The summed E-state index contributed by atoms with van der Waals surface area (Å²) in [6.07, 6.45) is 16.0. The van der Waals surface area contributed by atoms with Crippen LogP contribution in [0.4, 0.5) is 0 Å². The number of hydrogen-bond acceptors (Lipinski definition) is 2. The van der Waals surface area contributed by atoms with E-state index in [-0.39, 0.29) is 0 Å². The van der Waals surface area contributed by atoms with Gasteiger partial charge in [-0.15, -0.1) is 0 Å². The van der Waals surface area contributed by atoms with Crippen LogP contribution in [0.3, 0.4) is 0 Å². The molecule has 1 aliphatic heterocycles. The van der Waals surface area contributed by atoms with Crippen molar-refractivity contribution in [1.29, 1.82) is 0 Å². The second kappa shape index (κ2) is 7.26. The third-order valence-electron chi connectivity index (χ3n) is 6.10. The van der Waals surface area contributed by atoms with Crippen molar-refractivity contribution in [2.24, 2.45) is 5.92 Å². The van der Waals surface area contributed by atoms with E-state index in [2.05, 4.69) is 17.1 Å². The van der Waals surface area contributed by atoms with Gasteiger partial charge in [0.25, 0.3) is 0 Å². The Labute approximate surface area is 125 Å². The quantitative estimate of drug-likeness (QED) is 0.819. The topological polar surface area (TPSA) is 15.3 Å². The monoisotopic (exact) mass is 278 g/mol. The molecule has 116 valence electrons. The molecular formula is C18H34N2. The lowest BCUT2D eigenvalue weighted by atomic mass is 9.86. The molecule has 0 amide bonds. The first-order chi connectivity index (χ1) is 9.90. The minimum absolute atomic E-state index is 0.783. The summed E-state index contributed by atoms with van der Waals surface area (Å²) in [5.74, 6) is 1.03. The van der Waals surface area contributed by atoms with E-state index in [0.29, 0.717) is 0 Å². The zero-order valence-electron chi connectivity index (χ0n) is 13.4. The van der Waals surface area contributed by atoms with Gasteiger partial charge in [-0.25, -0.2) is 0 Å². The molecule has 0 aromatic carbocycles. The van der Waals surface area contributed by atoms with Crippen LogP contribution in [0.1, 0.15) is 77.6 Å². The average Bonchev–Trinajstić information content (AvgIpc) is 3.15. The highest BCUT2D eigenvalue weighted by atomic mass is 15.2. The lowest BCUT2D eigenvalue weighted by Crippen LogP contribution is -2.54. The van der Waals surface area contributed by atoms with Gasteiger partial charge in [-0.05, 0) is 64.0 Å². The molecule has 2 aliphatic carbocycles. The van der Waals surface area contributed by atoms with Crippen molar-refractivity contribution in [2.75, 3.05) is 13.1 Å². The maximum absolute atomic E-state index is 3.87. The van der Waals surface area contributed by atoms with Crippen molar-refractivity contribution in [2.45, 2.75) is 95.7 Å². The van der Waals surface area contributed by atoms with Gasteiger partial charge in [-0.3, -0.25) is 4.90 Å². The predicted octanol–water partition coefficient (Wildman–Crippen LogP) is 3.95. The molecule has 3 aliphatic rings. The summed E-state index contributed by atoms with van der Waals surface area (Å²) in [5.41, 5.74) is 0. The maximum Gasteiger partial charge on any atom is 0.0252 e. The number of nitrogens with one attached hydrogen (secondary N) is 1. The first-order valence-corrected chi connectivity index (χ1v) is 9.39. The van der Waals surface area contributed by atoms with E-state index < -0.39 is 0 Å². The molecule has 0 aromatic rings. The summed E-state index contributed by atoms with van der Waals surface area (Å²) >= 11 is 0. The van der Waals surface area contributed by atoms with Crippen molar-refractivity contribution in [1.82, 2.24) is 10.2 Å². The Morgan fingerprint density at radius 2 is 1.55 bits per heavy atom. The van der Waals surface area contributed by atoms with Crippen LogP contribution in [-0.2, 0) is 0 Å². The van der Waals surface area contributed by atoms with Crippen LogP contribution < -0.4 is 5.32 Å². The van der Waals surface area contributed by atoms with E-state index in [0.717, 1.165) is 24.0 Å². The van der Waals surface area contributed by atoms with Gasteiger partial charge in [-0.2, -0.15) is 0 Å². The Hall–Kier alpha value is -0.0800. The van der Waals surface area contributed by atoms with E-state index >= 15 is 0 Å². The predicted molar refractivity (Wildman–Crippen MR) is 86.0 cm³/mol. The van der Waals surface area contributed by atoms with E-state index in [1.807, 2.05) is 0 Å². The van der Waals surface area contributed by atoms with Crippen molar-refractivity contribution in [3.63, 3.8) is 0 Å². The van der Waals surface area contributed by atoms with Crippen molar-refractivity contribution < 1.29 is 0 Å². The number of likely N-dealkylation sites (tertiary alicyclic amines) is 1. The van der Waals surface area contributed by atoms with Crippen molar-refractivity contribution in [3.8, 4) is 0 Å². The largest absolute Gasteiger partial charge is 0.312 e. The Balaban J connectivity index is 1.64. The molecular weight excluding hydrogens is 244 g/mol. The summed E-state index contributed by atoms with van der Waals surface area (Å²) in [6, 6.07) is 2.57. The highest BCUT2D eigenvalue weighted by Gasteiger charge is 2.39. The summed E-state index contributed by atoms with van der Waals surface area (Å²) in [5, 5.41) is 3.87. The van der Waals surface area contributed by atoms with Gasteiger partial charge in [0.15, 0.2) is 0 Å². The molecule has 20 heavy (non-hydrogen) atoms. The number of hydrogen-bond donors (Lipinski definition) is 1. The standard InChI is InChI=1S/C18H34N2/c1-2-13-19-16-10-5-6-11-18(16)20-14-7-12-17(20)15-8-3-4-9-15/h15-19H,2-14H2,1H3. The Kier molecular flexibility index (Phi) is 5.39. The molecule has 0 radical (unpaired) electrons. The fourth-order valence-electron chi connectivity index (χ4n) is 5.15. The van der Waals surface area contributed by atoms with Gasteiger partial charge < -0.3 is 5.32 Å². The molecule has 3 unspecified atom stereocenters. The molecule has 3 rings (SSSR count). The maximum atomic E-state index is 3.87. The van der Waals surface area contributed by atoms with Crippen LogP contribution in [0.5, 0.6) is 0 Å². The molecule has 0 aromatic heterocycles. The van der Waals surface area contributed by atoms with Gasteiger partial charge in [-0.1, -0.05) is 32.6 Å². The third kappa shape index (κ3) is 3.22. The van der Waals surface area contributed by atoms with Crippen LogP contribution in [0, 0.1) is 5.92 Å². The smallest absolute Gasteiger partial charge is 0.0252 e. The molecule has 1 saturated heterocycles. The molecule has 0 spiro atoms. The van der Waals surface area contributed by atoms with Gasteiger partial charge in [0.05, 0.1) is 0 Å². The Morgan fingerprint density at radius 3 is 2.35 bits per heavy atom. The molecule has 2 nitrogen and oxygen atoms in total. The highest BCUT2D eigenvalue weighted by molar-refractivity contribution is 4.96. The lowest BCUT2D eigenvalue weighted by Gasteiger charge is -2.43. The van der Waals surface area contributed by atoms with Crippen LogP contribution in [0.2, 0.25) is 0 Å². The molecule has 1 N–H and O–H groups in total. The van der Waals surface area contributed by atoms with Crippen LogP contribution in [0.25, 0.3) is 0 Å². The summed E-state index contributed by atoms with van der Waals surface area (Å²) in [4.78, 5) is 2.96. The number of rotatable bonds is 5. The molecule has 1 heterocycles. The minimum Gasteiger partial charge on any atom is -0.312 e. The third-order valence-corrected chi connectivity index (χ3v) is 6.10. The fraction of sp³-hybridized carbons (Fsp3) is 1.00. The van der Waals surface area contributed by atoms with Gasteiger partial charge in [0.1, 0.15) is 0 Å². The van der Waals surface area contributed by atoms with E-state index in [1.54, 1.807) is 0 Å². The second-order valence-corrected chi connectivity index (χ2v) is 7.40. The molecule has 2 heteroatoms. The van der Waals surface area contributed by atoms with E-state index in [1.165, 1.54) is 83.7 Å². The summed E-state index contributed by atoms with van der Waals surface area (Å²) in [7, 11) is 0.